The van der Waals surface area contributed by atoms with Crippen molar-refractivity contribution in [3.8, 4) is 22.9 Å². The first-order chi connectivity index (χ1) is 12.0. The molecule has 25 heavy (non-hydrogen) atoms. The summed E-state index contributed by atoms with van der Waals surface area (Å²) in [7, 11) is 3.22. The highest BCUT2D eigenvalue weighted by Crippen LogP contribution is 2.33. The molecule has 4 aromatic rings. The van der Waals surface area contributed by atoms with E-state index < -0.39 is 0 Å². The van der Waals surface area contributed by atoms with Gasteiger partial charge in [-0.05, 0) is 20.8 Å². The van der Waals surface area contributed by atoms with E-state index in [4.69, 9.17) is 14.5 Å². The Balaban J connectivity index is 2.20. The summed E-state index contributed by atoms with van der Waals surface area (Å²) in [6.45, 7) is 5.85. The van der Waals surface area contributed by atoms with Crippen LogP contribution in [0.2, 0.25) is 0 Å². The van der Waals surface area contributed by atoms with E-state index in [2.05, 4.69) is 20.4 Å². The summed E-state index contributed by atoms with van der Waals surface area (Å²) in [4.78, 5) is 4.73. The molecule has 0 bridgehead atoms. The number of hydrogen-bond acceptors (Lipinski definition) is 6. The van der Waals surface area contributed by atoms with Crippen molar-refractivity contribution in [3.63, 3.8) is 0 Å². The van der Waals surface area contributed by atoms with Gasteiger partial charge in [-0.1, -0.05) is 0 Å². The Morgan fingerprint density at radius 1 is 1.00 bits per heavy atom. The average Bonchev–Trinajstić information content (AvgIpc) is 3.12. The summed E-state index contributed by atoms with van der Waals surface area (Å²) >= 11 is 0. The molecule has 0 aliphatic heterocycles. The summed E-state index contributed by atoms with van der Waals surface area (Å²) in [6.07, 6.45) is 0. The van der Waals surface area contributed by atoms with E-state index in [9.17, 15) is 0 Å². The average molecular weight is 338 g/mol. The standard InChI is InChI=1S/C17H18N6O2/c1-8-14(9(2)20-19-8)17-18-10(3)16-22-21-15-12(23(16)17)6-11(24-4)7-13(15)25-5/h6-7H,1-5H3,(H,19,20). The van der Waals surface area contributed by atoms with Crippen LogP contribution < -0.4 is 9.47 Å². The van der Waals surface area contributed by atoms with Crippen LogP contribution in [-0.2, 0) is 0 Å². The minimum atomic E-state index is 0.599. The molecule has 0 saturated carbocycles. The summed E-state index contributed by atoms with van der Waals surface area (Å²) in [6, 6.07) is 3.70. The summed E-state index contributed by atoms with van der Waals surface area (Å²) < 4.78 is 12.9. The molecule has 1 N–H and O–H groups in total. The number of imidazole rings is 1. The number of nitrogens with zero attached hydrogens (tertiary/aromatic N) is 5. The third kappa shape index (κ3) is 2.14. The molecule has 8 heteroatoms. The molecule has 3 aromatic heterocycles. The molecule has 4 rings (SSSR count). The third-order valence-electron chi connectivity index (χ3n) is 4.34. The largest absolute Gasteiger partial charge is 0.497 e. The maximum Gasteiger partial charge on any atom is 0.183 e. The highest BCUT2D eigenvalue weighted by molar-refractivity contribution is 5.87. The number of nitrogens with one attached hydrogen (secondary N) is 1. The maximum absolute atomic E-state index is 5.47. The van der Waals surface area contributed by atoms with E-state index in [1.165, 1.54) is 0 Å². The van der Waals surface area contributed by atoms with Crippen molar-refractivity contribution in [2.45, 2.75) is 20.8 Å². The minimum Gasteiger partial charge on any atom is -0.497 e. The van der Waals surface area contributed by atoms with Crippen molar-refractivity contribution in [1.29, 1.82) is 0 Å². The molecule has 1 aromatic carbocycles. The van der Waals surface area contributed by atoms with Gasteiger partial charge in [0.2, 0.25) is 0 Å². The van der Waals surface area contributed by atoms with Gasteiger partial charge >= 0.3 is 0 Å². The van der Waals surface area contributed by atoms with Crippen LogP contribution in [-0.4, -0.2) is 44.0 Å². The molecule has 0 unspecified atom stereocenters. The number of methoxy groups -OCH3 is 2. The first-order valence-electron chi connectivity index (χ1n) is 7.84. The number of aryl methyl sites for hydroxylation is 3. The molecule has 0 atom stereocenters. The third-order valence-corrected chi connectivity index (χ3v) is 4.34. The molecule has 0 saturated heterocycles. The number of rotatable bonds is 3. The van der Waals surface area contributed by atoms with Crippen molar-refractivity contribution in [3.05, 3.63) is 29.2 Å². The van der Waals surface area contributed by atoms with Crippen LogP contribution in [0.1, 0.15) is 17.1 Å². The lowest BCUT2D eigenvalue weighted by Crippen LogP contribution is -2.00. The number of hydrogen-bond donors (Lipinski definition) is 1. The molecule has 3 heterocycles. The Morgan fingerprint density at radius 2 is 1.80 bits per heavy atom. The highest BCUT2D eigenvalue weighted by Gasteiger charge is 2.21. The van der Waals surface area contributed by atoms with Gasteiger partial charge in [0.05, 0.1) is 36.7 Å². The van der Waals surface area contributed by atoms with Gasteiger partial charge in [-0.3, -0.25) is 9.50 Å². The summed E-state index contributed by atoms with van der Waals surface area (Å²) in [5, 5.41) is 16.0. The van der Waals surface area contributed by atoms with Crippen LogP contribution in [0, 0.1) is 20.8 Å². The quantitative estimate of drug-likeness (QED) is 0.617. The van der Waals surface area contributed by atoms with Crippen molar-refractivity contribution in [2.75, 3.05) is 14.2 Å². The number of aromatic amines is 1. The van der Waals surface area contributed by atoms with Gasteiger partial charge in [0.1, 0.15) is 11.6 Å². The maximum atomic E-state index is 5.47. The van der Waals surface area contributed by atoms with Gasteiger partial charge < -0.3 is 9.47 Å². The number of ether oxygens (including phenoxy) is 2. The van der Waals surface area contributed by atoms with Crippen molar-refractivity contribution >= 4 is 16.7 Å². The van der Waals surface area contributed by atoms with Crippen molar-refractivity contribution in [2.24, 2.45) is 0 Å². The lowest BCUT2D eigenvalue weighted by atomic mass is 10.2. The fourth-order valence-electron chi connectivity index (χ4n) is 3.12. The second-order valence-electron chi connectivity index (χ2n) is 5.89. The van der Waals surface area contributed by atoms with E-state index in [0.29, 0.717) is 22.7 Å². The van der Waals surface area contributed by atoms with E-state index >= 15 is 0 Å². The molecule has 0 fully saturated rings. The van der Waals surface area contributed by atoms with Crippen molar-refractivity contribution in [1.82, 2.24) is 29.8 Å². The van der Waals surface area contributed by atoms with E-state index in [1.54, 1.807) is 20.3 Å². The molecule has 0 aliphatic carbocycles. The highest BCUT2D eigenvalue weighted by atomic mass is 16.5. The molecule has 0 aliphatic rings. The fourth-order valence-corrected chi connectivity index (χ4v) is 3.12. The van der Waals surface area contributed by atoms with Crippen molar-refractivity contribution < 1.29 is 9.47 Å². The Labute approximate surface area is 143 Å². The second-order valence-corrected chi connectivity index (χ2v) is 5.89. The van der Waals surface area contributed by atoms with Crippen LogP contribution in [0.25, 0.3) is 28.1 Å². The molecule has 0 spiro atoms. The topological polar surface area (TPSA) is 90.2 Å². The Morgan fingerprint density at radius 3 is 2.44 bits per heavy atom. The smallest absolute Gasteiger partial charge is 0.183 e. The number of benzene rings is 1. The molecule has 8 nitrogen and oxygen atoms in total. The predicted octanol–water partition coefficient (Wildman–Crippen LogP) is 2.61. The van der Waals surface area contributed by atoms with Crippen LogP contribution in [0.5, 0.6) is 11.5 Å². The fraction of sp³-hybridized carbons (Fsp3) is 0.294. The van der Waals surface area contributed by atoms with Gasteiger partial charge in [0.25, 0.3) is 0 Å². The second kappa shape index (κ2) is 5.44. The van der Waals surface area contributed by atoms with E-state index in [-0.39, 0.29) is 0 Å². The van der Waals surface area contributed by atoms with Gasteiger partial charge in [-0.15, -0.1) is 10.2 Å². The zero-order valence-electron chi connectivity index (χ0n) is 14.7. The summed E-state index contributed by atoms with van der Waals surface area (Å²) in [5.41, 5.74) is 5.74. The van der Waals surface area contributed by atoms with Gasteiger partial charge in [-0.2, -0.15) is 5.10 Å². The first kappa shape index (κ1) is 15.4. The lowest BCUT2D eigenvalue weighted by Gasteiger charge is -2.10. The molecular weight excluding hydrogens is 320 g/mol. The lowest BCUT2D eigenvalue weighted by molar-refractivity contribution is 0.397. The molecular formula is C17H18N6O2. The number of fused-ring (bicyclic) bond motifs is 3. The van der Waals surface area contributed by atoms with E-state index in [1.807, 2.05) is 31.2 Å². The monoisotopic (exact) mass is 338 g/mol. The van der Waals surface area contributed by atoms with E-state index in [0.717, 1.165) is 34.0 Å². The number of H-pyrrole nitrogens is 1. The normalized spacial score (nSPS) is 11.4. The predicted molar refractivity (Wildman–Crippen MR) is 93.2 cm³/mol. The summed E-state index contributed by atoms with van der Waals surface area (Å²) in [5.74, 6) is 2.05. The Bertz CT molecular complexity index is 1090. The minimum absolute atomic E-state index is 0.599. The molecule has 0 radical (unpaired) electrons. The SMILES string of the molecule is COc1cc(OC)c2nnc3c(C)nc(-c4c(C)n[nH]c4C)n3c2c1. The van der Waals surface area contributed by atoms with Gasteiger partial charge in [0.15, 0.2) is 16.9 Å². The van der Waals surface area contributed by atoms with Crippen LogP contribution in [0.15, 0.2) is 12.1 Å². The van der Waals surface area contributed by atoms with Crippen LogP contribution >= 0.6 is 0 Å². The Hall–Kier alpha value is -3.16. The molecule has 128 valence electrons. The zero-order chi connectivity index (χ0) is 17.7. The van der Waals surface area contributed by atoms with Crippen LogP contribution in [0.3, 0.4) is 0 Å². The van der Waals surface area contributed by atoms with Gasteiger partial charge in [0, 0.05) is 17.8 Å². The number of aromatic nitrogens is 6. The first-order valence-corrected chi connectivity index (χ1v) is 7.84. The van der Waals surface area contributed by atoms with Crippen LogP contribution in [0.4, 0.5) is 0 Å². The molecule has 0 amide bonds. The Kier molecular flexibility index (Phi) is 3.34. The zero-order valence-corrected chi connectivity index (χ0v) is 14.7. The van der Waals surface area contributed by atoms with Gasteiger partial charge in [-0.25, -0.2) is 4.98 Å².